The van der Waals surface area contributed by atoms with Crippen molar-refractivity contribution in [3.05, 3.63) is 77.1 Å². The van der Waals surface area contributed by atoms with Crippen LogP contribution in [0.5, 0.6) is 11.5 Å². The Bertz CT molecular complexity index is 1380. The standard InChI is InChI=1S/C25H24N6O3S/c1-4-34-18-10-9-16(13-19(18)33-3)22-21(24(32)28-17-7-5-11-26-14-17)15(2)27-25-29-23(30-31(22)25)20-8-6-12-35-20/h5-14,22H,4H2,1-3H3,(H,28,32)(H,27,29,30)/t22-/m0/s1. The number of hydrogen-bond donors (Lipinski definition) is 2. The number of ether oxygens (including phenoxy) is 2. The molecule has 1 aliphatic heterocycles. The molecule has 1 aromatic carbocycles. The van der Waals surface area contributed by atoms with Crippen molar-refractivity contribution in [1.82, 2.24) is 19.7 Å². The lowest BCUT2D eigenvalue weighted by Crippen LogP contribution is -2.31. The van der Waals surface area contributed by atoms with E-state index in [9.17, 15) is 4.79 Å². The van der Waals surface area contributed by atoms with Crippen LogP contribution in [-0.4, -0.2) is 39.4 Å². The zero-order valence-corrected chi connectivity index (χ0v) is 20.3. The number of benzene rings is 1. The Kier molecular flexibility index (Phi) is 6.19. The van der Waals surface area contributed by atoms with Gasteiger partial charge in [0.05, 0.1) is 36.1 Å². The van der Waals surface area contributed by atoms with Gasteiger partial charge in [-0.3, -0.25) is 9.78 Å². The first-order chi connectivity index (χ1) is 17.1. The number of nitrogens with one attached hydrogen (secondary N) is 2. The SMILES string of the molecule is CCOc1ccc([C@H]2C(C(=O)Nc3cccnc3)=C(C)Nc3nc(-c4cccs4)nn32)cc1OC. The third-order valence-electron chi connectivity index (χ3n) is 5.56. The molecule has 2 N–H and O–H groups in total. The highest BCUT2D eigenvalue weighted by molar-refractivity contribution is 7.13. The second-order valence-corrected chi connectivity index (χ2v) is 8.73. The van der Waals surface area contributed by atoms with Crippen LogP contribution >= 0.6 is 11.3 Å². The number of nitrogens with zero attached hydrogens (tertiary/aromatic N) is 4. The summed E-state index contributed by atoms with van der Waals surface area (Å²) in [7, 11) is 1.59. The largest absolute Gasteiger partial charge is 0.493 e. The lowest BCUT2D eigenvalue weighted by atomic mass is 9.94. The minimum absolute atomic E-state index is 0.264. The summed E-state index contributed by atoms with van der Waals surface area (Å²) < 4.78 is 13.0. The summed E-state index contributed by atoms with van der Waals surface area (Å²) in [5.41, 5.74) is 2.60. The van der Waals surface area contributed by atoms with E-state index in [1.165, 1.54) is 0 Å². The van der Waals surface area contributed by atoms with Gasteiger partial charge in [-0.1, -0.05) is 12.1 Å². The number of allylic oxidation sites excluding steroid dienone is 1. The van der Waals surface area contributed by atoms with Gasteiger partial charge >= 0.3 is 0 Å². The minimum Gasteiger partial charge on any atom is -0.493 e. The summed E-state index contributed by atoms with van der Waals surface area (Å²) in [5.74, 6) is 2.09. The number of hydrogen-bond acceptors (Lipinski definition) is 8. The summed E-state index contributed by atoms with van der Waals surface area (Å²) >= 11 is 1.56. The van der Waals surface area contributed by atoms with E-state index in [4.69, 9.17) is 19.6 Å². The third-order valence-corrected chi connectivity index (χ3v) is 6.43. The van der Waals surface area contributed by atoms with Crippen LogP contribution < -0.4 is 20.1 Å². The second-order valence-electron chi connectivity index (χ2n) is 7.79. The van der Waals surface area contributed by atoms with Crippen molar-refractivity contribution >= 4 is 28.9 Å². The van der Waals surface area contributed by atoms with E-state index in [2.05, 4.69) is 15.6 Å². The average Bonchev–Trinajstić information content (AvgIpc) is 3.54. The summed E-state index contributed by atoms with van der Waals surface area (Å²) in [6, 6.07) is 12.6. The molecule has 10 heteroatoms. The molecular weight excluding hydrogens is 464 g/mol. The molecule has 35 heavy (non-hydrogen) atoms. The van der Waals surface area contributed by atoms with Crippen molar-refractivity contribution in [3.63, 3.8) is 0 Å². The van der Waals surface area contributed by atoms with Crippen LogP contribution in [-0.2, 0) is 4.79 Å². The first-order valence-electron chi connectivity index (χ1n) is 11.1. The molecule has 0 radical (unpaired) electrons. The van der Waals surface area contributed by atoms with E-state index in [-0.39, 0.29) is 5.91 Å². The molecule has 1 atom stereocenters. The maximum Gasteiger partial charge on any atom is 0.255 e. The predicted octanol–water partition coefficient (Wildman–Crippen LogP) is 4.74. The maximum atomic E-state index is 13.6. The van der Waals surface area contributed by atoms with Gasteiger partial charge in [0.25, 0.3) is 5.91 Å². The zero-order chi connectivity index (χ0) is 24.4. The van der Waals surface area contributed by atoms with E-state index in [1.807, 2.05) is 49.6 Å². The lowest BCUT2D eigenvalue weighted by molar-refractivity contribution is -0.113. The first-order valence-corrected chi connectivity index (χ1v) is 12.0. The van der Waals surface area contributed by atoms with Crippen molar-refractivity contribution in [3.8, 4) is 22.2 Å². The number of fused-ring (bicyclic) bond motifs is 1. The van der Waals surface area contributed by atoms with E-state index in [1.54, 1.807) is 47.7 Å². The van der Waals surface area contributed by atoms with E-state index >= 15 is 0 Å². The molecule has 4 heterocycles. The van der Waals surface area contributed by atoms with Crippen LogP contribution in [0.3, 0.4) is 0 Å². The molecular formula is C25H24N6O3S. The maximum absolute atomic E-state index is 13.6. The fraction of sp³-hybridized carbons (Fsp3) is 0.200. The van der Waals surface area contributed by atoms with Gasteiger partial charge in [-0.25, -0.2) is 4.68 Å². The number of carbonyl (C=O) groups excluding carboxylic acids is 1. The van der Waals surface area contributed by atoms with Gasteiger partial charge in [-0.15, -0.1) is 16.4 Å². The van der Waals surface area contributed by atoms with Gasteiger partial charge in [0, 0.05) is 11.9 Å². The zero-order valence-electron chi connectivity index (χ0n) is 19.5. The second kappa shape index (κ2) is 9.59. The molecule has 9 nitrogen and oxygen atoms in total. The molecule has 0 saturated heterocycles. The Balaban J connectivity index is 1.62. The summed E-state index contributed by atoms with van der Waals surface area (Å²) in [4.78, 5) is 23.3. The average molecular weight is 489 g/mol. The topological polar surface area (TPSA) is 103 Å². The number of pyridine rings is 1. The molecule has 4 aromatic rings. The highest BCUT2D eigenvalue weighted by atomic mass is 32.1. The summed E-state index contributed by atoms with van der Waals surface area (Å²) in [5, 5.41) is 13.0. The molecule has 0 saturated carbocycles. The Hall–Kier alpha value is -4.18. The van der Waals surface area contributed by atoms with Crippen molar-refractivity contribution in [2.45, 2.75) is 19.9 Å². The Labute approximate surface area is 206 Å². The monoisotopic (exact) mass is 488 g/mol. The van der Waals surface area contributed by atoms with Crippen molar-refractivity contribution in [1.29, 1.82) is 0 Å². The van der Waals surface area contributed by atoms with Gasteiger partial charge in [0.1, 0.15) is 6.04 Å². The molecule has 3 aromatic heterocycles. The number of amides is 1. The molecule has 0 bridgehead atoms. The fourth-order valence-electron chi connectivity index (χ4n) is 4.03. The summed E-state index contributed by atoms with van der Waals surface area (Å²) in [6.07, 6.45) is 3.26. The number of methoxy groups -OCH3 is 1. The molecule has 1 amide bonds. The highest BCUT2D eigenvalue weighted by Crippen LogP contribution is 2.40. The highest BCUT2D eigenvalue weighted by Gasteiger charge is 2.35. The van der Waals surface area contributed by atoms with Crippen LogP contribution in [0.4, 0.5) is 11.6 Å². The lowest BCUT2D eigenvalue weighted by Gasteiger charge is -2.29. The summed E-state index contributed by atoms with van der Waals surface area (Å²) in [6.45, 7) is 4.29. The number of rotatable bonds is 7. The van der Waals surface area contributed by atoms with Crippen molar-refractivity contribution in [2.75, 3.05) is 24.4 Å². The number of aromatic nitrogens is 4. The van der Waals surface area contributed by atoms with Crippen LogP contribution in [0.25, 0.3) is 10.7 Å². The smallest absolute Gasteiger partial charge is 0.255 e. The number of anilines is 2. The first kappa shape index (κ1) is 22.6. The number of thiophene rings is 1. The van der Waals surface area contributed by atoms with Gasteiger partial charge < -0.3 is 20.1 Å². The van der Waals surface area contributed by atoms with Crippen LogP contribution in [0, 0.1) is 0 Å². The minimum atomic E-state index is -0.547. The molecule has 0 aliphatic carbocycles. The Morgan fingerprint density at radius 3 is 2.83 bits per heavy atom. The third kappa shape index (κ3) is 4.35. The normalized spacial score (nSPS) is 14.8. The molecule has 178 valence electrons. The fourth-order valence-corrected chi connectivity index (χ4v) is 4.68. The quantitative estimate of drug-likeness (QED) is 0.387. The van der Waals surface area contributed by atoms with Crippen LogP contribution in [0.1, 0.15) is 25.5 Å². The van der Waals surface area contributed by atoms with Crippen molar-refractivity contribution < 1.29 is 14.3 Å². The van der Waals surface area contributed by atoms with Crippen LogP contribution in [0.2, 0.25) is 0 Å². The molecule has 1 aliphatic rings. The predicted molar refractivity (Wildman–Crippen MR) is 135 cm³/mol. The van der Waals surface area contributed by atoms with E-state index < -0.39 is 6.04 Å². The van der Waals surface area contributed by atoms with Crippen molar-refractivity contribution in [2.24, 2.45) is 0 Å². The van der Waals surface area contributed by atoms with Gasteiger partial charge in [-0.2, -0.15) is 4.98 Å². The van der Waals surface area contributed by atoms with Crippen LogP contribution in [0.15, 0.2) is 71.5 Å². The number of carbonyl (C=O) groups is 1. The van der Waals surface area contributed by atoms with Gasteiger partial charge in [-0.05, 0) is 55.1 Å². The Morgan fingerprint density at radius 1 is 1.23 bits per heavy atom. The van der Waals surface area contributed by atoms with E-state index in [0.717, 1.165) is 10.4 Å². The molecule has 0 spiro atoms. The molecule has 0 unspecified atom stereocenters. The van der Waals surface area contributed by atoms with Gasteiger partial charge in [0.2, 0.25) is 5.95 Å². The molecule has 0 fully saturated rings. The Morgan fingerprint density at radius 2 is 2.11 bits per heavy atom. The van der Waals surface area contributed by atoms with Gasteiger partial charge in [0.15, 0.2) is 17.3 Å². The van der Waals surface area contributed by atoms with E-state index in [0.29, 0.717) is 46.8 Å². The molecule has 5 rings (SSSR count).